The number of ether oxygens (including phenoxy) is 2. The molecule has 2 N–H and O–H groups in total. The third-order valence-electron chi connectivity index (χ3n) is 5.40. The van der Waals surface area contributed by atoms with Crippen LogP contribution >= 0.6 is 15.9 Å². The Labute approximate surface area is 184 Å². The van der Waals surface area contributed by atoms with Crippen LogP contribution in [-0.4, -0.2) is 42.0 Å². The van der Waals surface area contributed by atoms with Crippen LogP contribution in [0.5, 0.6) is 11.5 Å². The number of likely N-dealkylation sites (tertiary alicyclic amines) is 1. The highest BCUT2D eigenvalue weighted by atomic mass is 79.9. The van der Waals surface area contributed by atoms with Crippen molar-refractivity contribution in [2.45, 2.75) is 44.3 Å². The van der Waals surface area contributed by atoms with Crippen molar-refractivity contribution in [1.82, 2.24) is 4.90 Å². The number of amides is 2. The van der Waals surface area contributed by atoms with Crippen LogP contribution < -0.4 is 15.2 Å². The van der Waals surface area contributed by atoms with Gasteiger partial charge in [0, 0.05) is 30.4 Å². The fourth-order valence-electron chi connectivity index (χ4n) is 3.55. The lowest BCUT2D eigenvalue weighted by Crippen LogP contribution is -2.42. The molecule has 0 atom stereocenters. The van der Waals surface area contributed by atoms with Gasteiger partial charge in [-0.1, -0.05) is 28.1 Å². The Hall–Kier alpha value is -2.54. The Morgan fingerprint density at radius 3 is 2.27 bits per heavy atom. The first-order valence-corrected chi connectivity index (χ1v) is 11.1. The molecule has 0 unspecified atom stereocenters. The molecule has 2 aliphatic rings. The molecule has 158 valence electrons. The molecule has 0 bridgehead atoms. The lowest BCUT2D eigenvalue weighted by Gasteiger charge is -2.32. The minimum atomic E-state index is -0.521. The van der Waals surface area contributed by atoms with Crippen molar-refractivity contribution in [1.29, 1.82) is 0 Å². The molecule has 0 aromatic heterocycles. The van der Waals surface area contributed by atoms with Gasteiger partial charge < -0.3 is 20.1 Å². The summed E-state index contributed by atoms with van der Waals surface area (Å²) in [5.41, 5.74) is 6.81. The van der Waals surface area contributed by atoms with Crippen molar-refractivity contribution in [3.63, 3.8) is 0 Å². The molecule has 2 aromatic rings. The second-order valence-electron chi connectivity index (χ2n) is 7.84. The van der Waals surface area contributed by atoms with Crippen molar-refractivity contribution in [3.8, 4) is 11.5 Å². The van der Waals surface area contributed by atoms with Crippen LogP contribution in [0, 0.1) is 0 Å². The number of carbonyl (C=O) groups is 2. The van der Waals surface area contributed by atoms with Crippen molar-refractivity contribution >= 4 is 27.7 Å². The molecule has 30 heavy (non-hydrogen) atoms. The van der Waals surface area contributed by atoms with Crippen molar-refractivity contribution in [3.05, 3.63) is 58.1 Å². The van der Waals surface area contributed by atoms with E-state index in [0.717, 1.165) is 28.6 Å². The summed E-state index contributed by atoms with van der Waals surface area (Å²) in [6.45, 7) is 1.27. The monoisotopic (exact) mass is 472 g/mol. The van der Waals surface area contributed by atoms with E-state index in [0.29, 0.717) is 49.8 Å². The van der Waals surface area contributed by atoms with Gasteiger partial charge in [-0.25, -0.2) is 0 Å². The van der Waals surface area contributed by atoms with Crippen molar-refractivity contribution in [2.24, 2.45) is 5.73 Å². The van der Waals surface area contributed by atoms with Crippen molar-refractivity contribution in [2.75, 3.05) is 13.1 Å². The summed E-state index contributed by atoms with van der Waals surface area (Å²) in [5.74, 6) is 0.956. The van der Waals surface area contributed by atoms with Crippen LogP contribution in [0.25, 0.3) is 0 Å². The third kappa shape index (κ3) is 5.33. The van der Waals surface area contributed by atoms with Gasteiger partial charge in [0.2, 0.25) is 5.91 Å². The molecule has 1 saturated carbocycles. The Morgan fingerprint density at radius 1 is 0.967 bits per heavy atom. The maximum atomic E-state index is 12.7. The van der Waals surface area contributed by atoms with E-state index >= 15 is 0 Å². The molecule has 1 heterocycles. The van der Waals surface area contributed by atoms with Gasteiger partial charge in [-0.3, -0.25) is 9.59 Å². The van der Waals surface area contributed by atoms with Crippen LogP contribution in [-0.2, 0) is 11.2 Å². The number of nitrogens with two attached hydrogens (primary N) is 1. The largest absolute Gasteiger partial charge is 0.490 e. The molecule has 1 aliphatic carbocycles. The Balaban J connectivity index is 1.28. The molecule has 0 spiro atoms. The minimum Gasteiger partial charge on any atom is -0.490 e. The summed E-state index contributed by atoms with van der Waals surface area (Å²) in [4.78, 5) is 26.2. The summed E-state index contributed by atoms with van der Waals surface area (Å²) in [6.07, 6.45) is 4.40. The zero-order valence-corrected chi connectivity index (χ0v) is 18.3. The van der Waals surface area contributed by atoms with Gasteiger partial charge in [-0.15, -0.1) is 0 Å². The topological polar surface area (TPSA) is 81.9 Å². The molecule has 6 nitrogen and oxygen atoms in total. The van der Waals surface area contributed by atoms with Crippen LogP contribution in [0.1, 0.15) is 41.6 Å². The zero-order valence-electron chi connectivity index (χ0n) is 16.7. The quantitative estimate of drug-likeness (QED) is 0.665. The normalized spacial score (nSPS) is 16.9. The van der Waals surface area contributed by atoms with E-state index in [1.165, 1.54) is 0 Å². The number of hydrogen-bond donors (Lipinski definition) is 1. The average Bonchev–Trinajstić information content (AvgIpc) is 3.55. The highest BCUT2D eigenvalue weighted by Crippen LogP contribution is 2.28. The van der Waals surface area contributed by atoms with E-state index < -0.39 is 5.91 Å². The number of halogens is 1. The van der Waals surface area contributed by atoms with E-state index in [9.17, 15) is 9.59 Å². The van der Waals surface area contributed by atoms with E-state index in [2.05, 4.69) is 15.9 Å². The lowest BCUT2D eigenvalue weighted by molar-refractivity contribution is -0.132. The Bertz CT molecular complexity index is 919. The summed E-state index contributed by atoms with van der Waals surface area (Å²) < 4.78 is 12.6. The fourth-order valence-corrected chi connectivity index (χ4v) is 3.91. The number of benzene rings is 2. The standard InChI is InChI=1S/C23H25BrN2O4/c24-16-3-8-21(20(14-16)23(25)28)30-19-9-11-26(12-10-19)22(27)13-15-1-4-17(5-2-15)29-18-6-7-18/h1-5,8,14,18-19H,6-7,9-13H2,(H2,25,28). The molecule has 4 rings (SSSR count). The van der Waals surface area contributed by atoms with Gasteiger partial charge in [0.25, 0.3) is 5.91 Å². The first-order valence-electron chi connectivity index (χ1n) is 10.3. The highest BCUT2D eigenvalue weighted by Gasteiger charge is 2.26. The Kier molecular flexibility index (Phi) is 6.27. The highest BCUT2D eigenvalue weighted by molar-refractivity contribution is 9.10. The summed E-state index contributed by atoms with van der Waals surface area (Å²) in [6, 6.07) is 13.0. The SMILES string of the molecule is NC(=O)c1cc(Br)ccc1OC1CCN(C(=O)Cc2ccc(OC3CC3)cc2)CC1. The predicted octanol–water partition coefficient (Wildman–Crippen LogP) is 3.70. The predicted molar refractivity (Wildman–Crippen MR) is 117 cm³/mol. The van der Waals surface area contributed by atoms with Gasteiger partial charge in [-0.2, -0.15) is 0 Å². The first kappa shape index (κ1) is 20.7. The summed E-state index contributed by atoms with van der Waals surface area (Å²) in [7, 11) is 0. The molecule has 1 aliphatic heterocycles. The van der Waals surface area contributed by atoms with Gasteiger partial charge >= 0.3 is 0 Å². The van der Waals surface area contributed by atoms with E-state index in [1.807, 2.05) is 35.2 Å². The average molecular weight is 473 g/mol. The van der Waals surface area contributed by atoms with Crippen LogP contribution in [0.15, 0.2) is 46.9 Å². The smallest absolute Gasteiger partial charge is 0.252 e. The fraction of sp³-hybridized carbons (Fsp3) is 0.391. The zero-order chi connectivity index (χ0) is 21.1. The molecule has 2 fully saturated rings. The second kappa shape index (κ2) is 9.08. The molecular weight excluding hydrogens is 448 g/mol. The number of rotatable bonds is 7. The summed E-state index contributed by atoms with van der Waals surface area (Å²) in [5, 5.41) is 0. The van der Waals surface area contributed by atoms with Gasteiger partial charge in [0.05, 0.1) is 18.1 Å². The first-order chi connectivity index (χ1) is 14.5. The van der Waals surface area contributed by atoms with E-state index in [-0.39, 0.29) is 12.0 Å². The molecule has 7 heteroatoms. The molecule has 2 aromatic carbocycles. The number of hydrogen-bond acceptors (Lipinski definition) is 4. The molecular formula is C23H25BrN2O4. The number of carbonyl (C=O) groups excluding carboxylic acids is 2. The lowest BCUT2D eigenvalue weighted by atomic mass is 10.1. The number of primary amides is 1. The number of nitrogens with zero attached hydrogens (tertiary/aromatic N) is 1. The van der Waals surface area contributed by atoms with Crippen molar-refractivity contribution < 1.29 is 19.1 Å². The molecule has 1 saturated heterocycles. The molecule has 0 radical (unpaired) electrons. The van der Waals surface area contributed by atoms with Crippen LogP contribution in [0.2, 0.25) is 0 Å². The van der Waals surface area contributed by atoms with E-state index in [1.54, 1.807) is 12.1 Å². The minimum absolute atomic E-state index is 0.0489. The third-order valence-corrected chi connectivity index (χ3v) is 5.89. The van der Waals surface area contributed by atoms with Gasteiger partial charge in [-0.05, 0) is 48.7 Å². The van der Waals surface area contributed by atoms with E-state index in [4.69, 9.17) is 15.2 Å². The maximum Gasteiger partial charge on any atom is 0.252 e. The summed E-state index contributed by atoms with van der Waals surface area (Å²) >= 11 is 3.34. The Morgan fingerprint density at radius 2 is 1.63 bits per heavy atom. The molecule has 2 amide bonds. The van der Waals surface area contributed by atoms with Crippen LogP contribution in [0.3, 0.4) is 0 Å². The number of piperidine rings is 1. The van der Waals surface area contributed by atoms with Crippen LogP contribution in [0.4, 0.5) is 0 Å². The van der Waals surface area contributed by atoms with Gasteiger partial charge in [0.1, 0.15) is 17.6 Å². The second-order valence-corrected chi connectivity index (χ2v) is 8.76. The van der Waals surface area contributed by atoms with Gasteiger partial charge in [0.15, 0.2) is 0 Å². The maximum absolute atomic E-state index is 12.7.